The van der Waals surface area contributed by atoms with Crippen molar-refractivity contribution in [2.24, 2.45) is 5.92 Å². The van der Waals surface area contributed by atoms with E-state index in [1.807, 2.05) is 13.0 Å². The first-order valence-electron chi connectivity index (χ1n) is 12.2. The normalized spacial score (nSPS) is 16.2. The van der Waals surface area contributed by atoms with Crippen molar-refractivity contribution in [2.45, 2.75) is 38.8 Å². The zero-order chi connectivity index (χ0) is 27.6. The number of fused-ring (bicyclic) bond motifs is 1. The van der Waals surface area contributed by atoms with E-state index in [0.717, 1.165) is 30.6 Å². The Bertz CT molecular complexity index is 1250. The minimum Gasteiger partial charge on any atom is -0.480 e. The number of amides is 1. The number of aromatic nitrogens is 2. The molecule has 2 fully saturated rings. The van der Waals surface area contributed by atoms with E-state index >= 15 is 0 Å². The number of aryl methyl sites for hydroxylation is 1. The number of amidine groups is 2. The Morgan fingerprint density at radius 1 is 1.29 bits per heavy atom. The molecule has 2 aliphatic rings. The molecule has 1 amide bonds. The highest BCUT2D eigenvalue weighted by Gasteiger charge is 2.41. The van der Waals surface area contributed by atoms with Gasteiger partial charge < -0.3 is 24.5 Å². The molecule has 1 saturated heterocycles. The summed E-state index contributed by atoms with van der Waals surface area (Å²) in [5.74, 6) is -3.05. The summed E-state index contributed by atoms with van der Waals surface area (Å²) in [7, 11) is 0. The van der Waals surface area contributed by atoms with Crippen LogP contribution in [0.5, 0.6) is 6.01 Å². The number of carboxylic acids is 1. The number of ether oxygens (including phenoxy) is 1. The van der Waals surface area contributed by atoms with Crippen molar-refractivity contribution in [1.82, 2.24) is 19.8 Å². The number of carbonyl (C=O) groups excluding carboxylic acids is 1. The van der Waals surface area contributed by atoms with E-state index < -0.39 is 24.5 Å². The van der Waals surface area contributed by atoms with Gasteiger partial charge in [0, 0.05) is 23.9 Å². The van der Waals surface area contributed by atoms with Gasteiger partial charge in [-0.1, -0.05) is 13.3 Å². The van der Waals surface area contributed by atoms with Crippen molar-refractivity contribution in [3.8, 4) is 6.01 Å². The fraction of sp³-hybridized carbons (Fsp3) is 0.565. The summed E-state index contributed by atoms with van der Waals surface area (Å²) in [5, 5.41) is 25.4. The molecule has 3 N–H and O–H groups in total. The first-order valence-corrected chi connectivity index (χ1v) is 13.0. The van der Waals surface area contributed by atoms with Crippen LogP contribution in [0.4, 0.5) is 19.0 Å². The van der Waals surface area contributed by atoms with Crippen LogP contribution in [-0.4, -0.2) is 93.9 Å². The lowest BCUT2D eigenvalue weighted by atomic mass is 10.2. The number of thiophene rings is 1. The second-order valence-electron chi connectivity index (χ2n) is 9.15. The second-order valence-corrected chi connectivity index (χ2v) is 10.3. The van der Waals surface area contributed by atoms with Gasteiger partial charge in [0.15, 0.2) is 0 Å². The molecule has 1 saturated carbocycles. The van der Waals surface area contributed by atoms with Crippen molar-refractivity contribution >= 4 is 50.9 Å². The van der Waals surface area contributed by atoms with E-state index in [-0.39, 0.29) is 56.5 Å². The molecule has 11 nitrogen and oxygen atoms in total. The van der Waals surface area contributed by atoms with Crippen molar-refractivity contribution in [2.75, 3.05) is 44.2 Å². The van der Waals surface area contributed by atoms with Crippen LogP contribution in [0.2, 0.25) is 0 Å². The number of piperazine rings is 1. The fourth-order valence-corrected chi connectivity index (χ4v) is 5.28. The Balaban J connectivity index is 1.54. The number of alkyl halides is 3. The molecule has 0 atom stereocenters. The first kappa shape index (κ1) is 27.5. The number of carboxylic acid groups (broad SMARTS) is 1. The number of aliphatic carboxylic acids is 1. The van der Waals surface area contributed by atoms with Gasteiger partial charge in [-0.3, -0.25) is 20.4 Å². The van der Waals surface area contributed by atoms with Crippen LogP contribution in [0.1, 0.15) is 31.1 Å². The molecule has 1 aliphatic heterocycles. The van der Waals surface area contributed by atoms with E-state index in [4.69, 9.17) is 20.7 Å². The van der Waals surface area contributed by atoms with Crippen molar-refractivity contribution in [3.05, 3.63) is 10.9 Å². The molecule has 2 aromatic rings. The van der Waals surface area contributed by atoms with Gasteiger partial charge in [0.05, 0.1) is 18.5 Å². The first-order chi connectivity index (χ1) is 18.0. The lowest BCUT2D eigenvalue weighted by Crippen LogP contribution is -2.55. The second kappa shape index (κ2) is 11.1. The molecule has 0 bridgehead atoms. The summed E-state index contributed by atoms with van der Waals surface area (Å²) < 4.78 is 44.8. The zero-order valence-corrected chi connectivity index (χ0v) is 21.5. The molecule has 3 heterocycles. The topological polar surface area (TPSA) is 147 Å². The number of rotatable bonds is 10. The summed E-state index contributed by atoms with van der Waals surface area (Å²) in [6, 6.07) is 1.92. The van der Waals surface area contributed by atoms with Gasteiger partial charge in [-0.15, -0.1) is 11.3 Å². The van der Waals surface area contributed by atoms with Gasteiger partial charge in [-0.2, -0.15) is 23.1 Å². The van der Waals surface area contributed by atoms with Gasteiger partial charge in [0.2, 0.25) is 11.7 Å². The Hall–Kier alpha value is -3.49. The van der Waals surface area contributed by atoms with Crippen molar-refractivity contribution in [1.29, 1.82) is 10.8 Å². The predicted octanol–water partition coefficient (Wildman–Crippen LogP) is 2.98. The molecular formula is C23H28F3N7O4S. The third-order valence-corrected chi connectivity index (χ3v) is 7.24. The third kappa shape index (κ3) is 6.31. The average molecular weight is 556 g/mol. The standard InChI is InChI=1S/C23H28F3N7O4S/c1-2-3-14-10-15-18(31-6-7-33(16(27)11-31)21(28)23(24,25)26)29-22(30-19(15)38-14)37-9-8-32(12-17(34)35)20(36)13-4-5-13/h10,13,27-28H,2-9,11-12H2,1H3,(H,34,35). The molecule has 0 spiro atoms. The molecule has 2 aromatic heterocycles. The number of hydrogen-bond donors (Lipinski definition) is 3. The summed E-state index contributed by atoms with van der Waals surface area (Å²) in [5.41, 5.74) is 0. The van der Waals surface area contributed by atoms with E-state index in [9.17, 15) is 22.8 Å². The van der Waals surface area contributed by atoms with E-state index in [1.165, 1.54) is 16.2 Å². The van der Waals surface area contributed by atoms with Gasteiger partial charge >= 0.3 is 18.2 Å². The Morgan fingerprint density at radius 3 is 2.63 bits per heavy atom. The lowest BCUT2D eigenvalue weighted by Gasteiger charge is -2.37. The average Bonchev–Trinajstić information content (AvgIpc) is 3.61. The number of carbonyl (C=O) groups is 2. The summed E-state index contributed by atoms with van der Waals surface area (Å²) >= 11 is 1.44. The van der Waals surface area contributed by atoms with Crippen LogP contribution in [0.25, 0.3) is 10.2 Å². The maximum absolute atomic E-state index is 13.0. The molecule has 206 valence electrons. The van der Waals surface area contributed by atoms with E-state index in [1.54, 1.807) is 4.90 Å². The molecule has 38 heavy (non-hydrogen) atoms. The monoisotopic (exact) mass is 555 g/mol. The molecule has 0 unspecified atom stereocenters. The summed E-state index contributed by atoms with van der Waals surface area (Å²) in [6.45, 7) is 1.28. The summed E-state index contributed by atoms with van der Waals surface area (Å²) in [4.78, 5) is 37.8. The maximum Gasteiger partial charge on any atom is 0.449 e. The smallest absolute Gasteiger partial charge is 0.449 e. The maximum atomic E-state index is 13.0. The minimum atomic E-state index is -4.85. The van der Waals surface area contributed by atoms with Gasteiger partial charge in [0.1, 0.15) is 29.6 Å². The largest absolute Gasteiger partial charge is 0.480 e. The molecule has 0 aromatic carbocycles. The Morgan fingerprint density at radius 2 is 2.03 bits per heavy atom. The highest BCUT2D eigenvalue weighted by molar-refractivity contribution is 7.18. The Labute approximate surface area is 220 Å². The van der Waals surface area contributed by atoms with Crippen LogP contribution in [0.15, 0.2) is 6.07 Å². The number of hydrogen-bond acceptors (Lipinski definition) is 9. The van der Waals surface area contributed by atoms with Gasteiger partial charge in [-0.05, 0) is 25.3 Å². The SMILES string of the molecule is CCCc1cc2c(N3CCN(C(=N)C(F)(F)F)C(=N)C3)nc(OCCN(CC(=O)O)C(=O)C3CC3)nc2s1. The highest BCUT2D eigenvalue weighted by atomic mass is 32.1. The molecule has 1 aliphatic carbocycles. The predicted molar refractivity (Wildman–Crippen MR) is 134 cm³/mol. The quantitative estimate of drug-likeness (QED) is 0.300. The van der Waals surface area contributed by atoms with Crippen LogP contribution < -0.4 is 9.64 Å². The minimum absolute atomic E-state index is 0.0106. The van der Waals surface area contributed by atoms with Crippen molar-refractivity contribution < 1.29 is 32.6 Å². The molecule has 4 rings (SSSR count). The zero-order valence-electron chi connectivity index (χ0n) is 20.7. The van der Waals surface area contributed by atoms with Crippen LogP contribution >= 0.6 is 11.3 Å². The third-order valence-electron chi connectivity index (χ3n) is 6.15. The van der Waals surface area contributed by atoms with Crippen molar-refractivity contribution in [3.63, 3.8) is 0 Å². The number of halogens is 3. The summed E-state index contributed by atoms with van der Waals surface area (Å²) in [6.07, 6.45) is -1.67. The number of anilines is 1. The number of nitrogens with zero attached hydrogens (tertiary/aromatic N) is 5. The van der Waals surface area contributed by atoms with Crippen LogP contribution in [0.3, 0.4) is 0 Å². The molecule has 15 heteroatoms. The molecular weight excluding hydrogens is 527 g/mol. The van der Waals surface area contributed by atoms with E-state index in [0.29, 0.717) is 20.9 Å². The Kier molecular flexibility index (Phi) is 8.04. The van der Waals surface area contributed by atoms with Crippen LogP contribution in [0, 0.1) is 16.7 Å². The lowest BCUT2D eigenvalue weighted by molar-refractivity contribution is -0.145. The highest BCUT2D eigenvalue weighted by Crippen LogP contribution is 2.34. The molecule has 0 radical (unpaired) electrons. The van der Waals surface area contributed by atoms with Gasteiger partial charge in [0.25, 0.3) is 0 Å². The van der Waals surface area contributed by atoms with Crippen LogP contribution in [-0.2, 0) is 16.0 Å². The van der Waals surface area contributed by atoms with E-state index in [2.05, 4.69) is 9.97 Å². The number of nitrogens with one attached hydrogen (secondary N) is 2. The fourth-order valence-electron chi connectivity index (χ4n) is 4.16. The van der Waals surface area contributed by atoms with Gasteiger partial charge in [-0.25, -0.2) is 0 Å².